The number of amides is 2. The molecule has 1 atom stereocenters. The minimum Gasteiger partial charge on any atom is -0.444 e. The van der Waals surface area contributed by atoms with Gasteiger partial charge in [-0.3, -0.25) is 10.1 Å². The molecular weight excluding hydrogens is 244 g/mol. The molecule has 1 aromatic carbocycles. The van der Waals surface area contributed by atoms with Gasteiger partial charge in [-0.15, -0.1) is 0 Å². The van der Waals surface area contributed by atoms with Gasteiger partial charge < -0.3 is 10.5 Å². The van der Waals surface area contributed by atoms with E-state index in [4.69, 9.17) is 10.5 Å². The van der Waals surface area contributed by atoms with Gasteiger partial charge >= 0.3 is 6.09 Å². The van der Waals surface area contributed by atoms with Gasteiger partial charge in [-0.25, -0.2) is 4.79 Å². The molecule has 1 unspecified atom stereocenters. The molecule has 2 amide bonds. The quantitative estimate of drug-likeness (QED) is 0.823. The number of alkyl carbamates (subject to hydrolysis) is 1. The highest BCUT2D eigenvalue weighted by Gasteiger charge is 2.16. The Morgan fingerprint density at radius 1 is 1.32 bits per heavy atom. The molecule has 19 heavy (non-hydrogen) atoms. The number of hydrogen-bond acceptors (Lipinski definition) is 4. The van der Waals surface area contributed by atoms with E-state index in [1.807, 2.05) is 37.3 Å². The molecule has 0 fully saturated rings. The summed E-state index contributed by atoms with van der Waals surface area (Å²) in [6.07, 6.45) is 1.61. The van der Waals surface area contributed by atoms with Crippen molar-refractivity contribution in [1.82, 2.24) is 5.32 Å². The van der Waals surface area contributed by atoms with Crippen LogP contribution in [0.3, 0.4) is 0 Å². The van der Waals surface area contributed by atoms with Crippen molar-refractivity contribution >= 4 is 12.0 Å². The highest BCUT2D eigenvalue weighted by molar-refractivity contribution is 5.94. The first-order valence-corrected chi connectivity index (χ1v) is 6.40. The lowest BCUT2D eigenvalue weighted by Gasteiger charge is -2.11. The van der Waals surface area contributed by atoms with Crippen molar-refractivity contribution in [3.63, 3.8) is 0 Å². The summed E-state index contributed by atoms with van der Waals surface area (Å²) in [7, 11) is 0. The molecule has 0 radical (unpaired) electrons. The average molecular weight is 264 g/mol. The van der Waals surface area contributed by atoms with Gasteiger partial charge in [0.2, 0.25) is 5.91 Å². The Labute approximate surface area is 113 Å². The molecule has 0 aromatic heterocycles. The highest BCUT2D eigenvalue weighted by atomic mass is 16.5. The van der Waals surface area contributed by atoms with Crippen molar-refractivity contribution in [2.75, 3.05) is 0 Å². The fourth-order valence-corrected chi connectivity index (χ4v) is 1.51. The van der Waals surface area contributed by atoms with E-state index in [1.54, 1.807) is 0 Å². The van der Waals surface area contributed by atoms with E-state index >= 15 is 0 Å². The fraction of sp³-hybridized carbons (Fsp3) is 0.429. The van der Waals surface area contributed by atoms with Crippen LogP contribution in [0, 0.1) is 0 Å². The third-order valence-corrected chi connectivity index (χ3v) is 2.64. The Balaban J connectivity index is 2.29. The largest absolute Gasteiger partial charge is 0.444 e. The van der Waals surface area contributed by atoms with Gasteiger partial charge in [-0.2, -0.15) is 0 Å². The zero-order valence-electron chi connectivity index (χ0n) is 11.1. The first-order chi connectivity index (χ1) is 9.13. The molecule has 0 aliphatic rings. The van der Waals surface area contributed by atoms with Crippen molar-refractivity contribution in [2.24, 2.45) is 5.73 Å². The van der Waals surface area contributed by atoms with Crippen molar-refractivity contribution < 1.29 is 14.3 Å². The molecule has 0 saturated carbocycles. The number of ether oxygens (including phenoxy) is 1. The number of carbonyl (C=O) groups is 2. The van der Waals surface area contributed by atoms with Crippen LogP contribution in [0.4, 0.5) is 4.79 Å². The van der Waals surface area contributed by atoms with E-state index in [1.165, 1.54) is 0 Å². The van der Waals surface area contributed by atoms with E-state index in [2.05, 4.69) is 5.32 Å². The summed E-state index contributed by atoms with van der Waals surface area (Å²) in [5.41, 5.74) is 6.50. The molecule has 1 rings (SSSR count). The second kappa shape index (κ2) is 8.26. The maximum atomic E-state index is 11.5. The van der Waals surface area contributed by atoms with Gasteiger partial charge in [0, 0.05) is 0 Å². The van der Waals surface area contributed by atoms with E-state index in [-0.39, 0.29) is 6.61 Å². The Kier molecular flexibility index (Phi) is 6.60. The van der Waals surface area contributed by atoms with Crippen LogP contribution in [-0.4, -0.2) is 18.0 Å². The molecular formula is C14H20N2O3. The van der Waals surface area contributed by atoms with E-state index in [9.17, 15) is 9.59 Å². The molecule has 0 spiro atoms. The van der Waals surface area contributed by atoms with Gasteiger partial charge in [0.05, 0.1) is 6.04 Å². The van der Waals surface area contributed by atoms with Crippen LogP contribution in [-0.2, 0) is 16.1 Å². The number of carbonyl (C=O) groups excluding carboxylic acids is 2. The molecule has 104 valence electrons. The monoisotopic (exact) mass is 264 g/mol. The topological polar surface area (TPSA) is 81.4 Å². The molecule has 1 aromatic rings. The summed E-state index contributed by atoms with van der Waals surface area (Å²) in [6.45, 7) is 2.14. The van der Waals surface area contributed by atoms with Crippen molar-refractivity contribution in [3.8, 4) is 0 Å². The van der Waals surface area contributed by atoms with Gasteiger partial charge in [0.15, 0.2) is 0 Å². The zero-order chi connectivity index (χ0) is 14.1. The van der Waals surface area contributed by atoms with E-state index < -0.39 is 18.0 Å². The minimum absolute atomic E-state index is 0.129. The van der Waals surface area contributed by atoms with Crippen LogP contribution in [0.25, 0.3) is 0 Å². The third-order valence-electron chi connectivity index (χ3n) is 2.64. The smallest absolute Gasteiger partial charge is 0.414 e. The summed E-state index contributed by atoms with van der Waals surface area (Å²) < 4.78 is 4.93. The lowest BCUT2D eigenvalue weighted by molar-refractivity contribution is -0.121. The van der Waals surface area contributed by atoms with Gasteiger partial charge in [0.25, 0.3) is 0 Å². The summed E-state index contributed by atoms with van der Waals surface area (Å²) >= 11 is 0. The normalized spacial score (nSPS) is 11.7. The first-order valence-electron chi connectivity index (χ1n) is 6.40. The molecule has 0 saturated heterocycles. The number of nitrogens with two attached hydrogens (primary N) is 1. The number of benzene rings is 1. The predicted octanol–water partition coefficient (Wildman–Crippen LogP) is 1.96. The molecule has 0 aliphatic carbocycles. The van der Waals surface area contributed by atoms with Crippen molar-refractivity contribution in [3.05, 3.63) is 35.9 Å². The second-order valence-electron chi connectivity index (χ2n) is 4.30. The molecule has 5 heteroatoms. The highest BCUT2D eigenvalue weighted by Crippen LogP contribution is 2.01. The Morgan fingerprint density at radius 3 is 2.63 bits per heavy atom. The fourth-order valence-electron chi connectivity index (χ4n) is 1.51. The zero-order valence-corrected chi connectivity index (χ0v) is 11.1. The summed E-state index contributed by atoms with van der Waals surface area (Å²) in [5, 5.41) is 2.13. The van der Waals surface area contributed by atoms with Crippen molar-refractivity contribution in [2.45, 2.75) is 38.8 Å². The Morgan fingerprint density at radius 2 is 2.00 bits per heavy atom. The summed E-state index contributed by atoms with van der Waals surface area (Å²) in [4.78, 5) is 22.9. The van der Waals surface area contributed by atoms with Crippen LogP contribution in [0.1, 0.15) is 31.7 Å². The predicted molar refractivity (Wildman–Crippen MR) is 72.3 cm³/mol. The first kappa shape index (κ1) is 15.2. The number of rotatable bonds is 6. The third kappa shape index (κ3) is 6.01. The van der Waals surface area contributed by atoms with Gasteiger partial charge in [0.1, 0.15) is 6.61 Å². The van der Waals surface area contributed by atoms with Gasteiger partial charge in [-0.1, -0.05) is 50.1 Å². The van der Waals surface area contributed by atoms with Gasteiger partial charge in [-0.05, 0) is 12.0 Å². The van der Waals surface area contributed by atoms with Crippen LogP contribution in [0.15, 0.2) is 30.3 Å². The molecule has 0 heterocycles. The summed E-state index contributed by atoms with van der Waals surface area (Å²) in [6, 6.07) is 8.58. The van der Waals surface area contributed by atoms with E-state index in [0.717, 1.165) is 18.4 Å². The van der Waals surface area contributed by atoms with Crippen LogP contribution < -0.4 is 11.1 Å². The molecule has 5 nitrogen and oxygen atoms in total. The number of hydrogen-bond donors (Lipinski definition) is 2. The average Bonchev–Trinajstić information content (AvgIpc) is 2.43. The van der Waals surface area contributed by atoms with E-state index in [0.29, 0.717) is 6.42 Å². The lowest BCUT2D eigenvalue weighted by Crippen LogP contribution is -2.43. The standard InChI is InChI=1S/C14H20N2O3/c1-2-3-9-12(15)13(17)16-14(18)19-10-11-7-5-4-6-8-11/h4-8,12H,2-3,9-10,15H2,1H3,(H,16,17,18). The molecule has 0 bridgehead atoms. The maximum absolute atomic E-state index is 11.5. The lowest BCUT2D eigenvalue weighted by atomic mass is 10.1. The summed E-state index contributed by atoms with van der Waals surface area (Å²) in [5.74, 6) is -0.494. The SMILES string of the molecule is CCCCC(N)C(=O)NC(=O)OCc1ccccc1. The van der Waals surface area contributed by atoms with Crippen LogP contribution in [0.2, 0.25) is 0 Å². The van der Waals surface area contributed by atoms with Crippen molar-refractivity contribution in [1.29, 1.82) is 0 Å². The number of unbranched alkanes of at least 4 members (excludes halogenated alkanes) is 1. The number of imide groups is 1. The second-order valence-corrected chi connectivity index (χ2v) is 4.30. The minimum atomic E-state index is -0.763. The number of nitrogens with one attached hydrogen (secondary N) is 1. The Hall–Kier alpha value is -1.88. The molecule has 3 N–H and O–H groups in total. The molecule has 0 aliphatic heterocycles. The maximum Gasteiger partial charge on any atom is 0.414 e. The Bertz CT molecular complexity index is 406. The van der Waals surface area contributed by atoms with Crippen LogP contribution in [0.5, 0.6) is 0 Å². The van der Waals surface area contributed by atoms with Crippen LogP contribution >= 0.6 is 0 Å².